The molecule has 2 atom stereocenters. The van der Waals surface area contributed by atoms with Gasteiger partial charge in [-0.15, -0.1) is 17.5 Å². The monoisotopic (exact) mass is 325 g/mol. The molecule has 1 aliphatic rings. The molecule has 7 heteroatoms. The van der Waals surface area contributed by atoms with Gasteiger partial charge in [0.1, 0.15) is 18.2 Å². The third-order valence-corrected chi connectivity index (χ3v) is 3.19. The average molecular weight is 325 g/mol. The SMILES string of the molecule is C#CCCN(O)NN.C[C@@H]1CC[C@@H](COc2ccc(F)cc2)O1. The summed E-state index contributed by atoms with van der Waals surface area (Å²) >= 11 is 0. The van der Waals surface area contributed by atoms with Crippen LogP contribution in [0.3, 0.4) is 0 Å². The first-order valence-corrected chi connectivity index (χ1v) is 7.45. The van der Waals surface area contributed by atoms with Crippen LogP contribution >= 0.6 is 0 Å². The molecule has 1 heterocycles. The van der Waals surface area contributed by atoms with Crippen molar-refractivity contribution in [1.29, 1.82) is 0 Å². The van der Waals surface area contributed by atoms with Crippen molar-refractivity contribution in [3.05, 3.63) is 30.1 Å². The standard InChI is InChI=1S/C12H15FO2.C4H9N3O/c1-9-2-5-12(15-9)8-14-11-6-3-10(13)4-7-11;1-2-3-4-7(8)6-5/h3-4,6-7,9,12H,2,5,8H2,1H3;1,6,8H,3-5H2/t9-,12+;/m1./s1. The van der Waals surface area contributed by atoms with Crippen molar-refractivity contribution in [3.8, 4) is 18.1 Å². The zero-order chi connectivity index (χ0) is 17.1. The van der Waals surface area contributed by atoms with Gasteiger partial charge < -0.3 is 9.47 Å². The lowest BCUT2D eigenvalue weighted by Crippen LogP contribution is -2.40. The molecular formula is C16H24FN3O3. The fourth-order valence-electron chi connectivity index (χ4n) is 1.96. The number of ether oxygens (including phenoxy) is 2. The van der Waals surface area contributed by atoms with Crippen molar-refractivity contribution >= 4 is 0 Å². The summed E-state index contributed by atoms with van der Waals surface area (Å²) in [6.07, 6.45) is 8.01. The molecule has 2 rings (SSSR count). The molecule has 0 radical (unpaired) electrons. The molecule has 0 unspecified atom stereocenters. The molecule has 0 aromatic heterocycles. The highest BCUT2D eigenvalue weighted by atomic mass is 19.1. The van der Waals surface area contributed by atoms with E-state index >= 15 is 0 Å². The van der Waals surface area contributed by atoms with Gasteiger partial charge in [0.25, 0.3) is 0 Å². The Labute approximate surface area is 136 Å². The van der Waals surface area contributed by atoms with Crippen LogP contribution in [-0.2, 0) is 4.74 Å². The Kier molecular flexibility index (Phi) is 9.21. The number of hydrazine groups is 2. The van der Waals surface area contributed by atoms with Crippen molar-refractivity contribution in [1.82, 2.24) is 10.7 Å². The summed E-state index contributed by atoms with van der Waals surface area (Å²) in [7, 11) is 0. The van der Waals surface area contributed by atoms with Gasteiger partial charge in [0.2, 0.25) is 0 Å². The predicted octanol–water partition coefficient (Wildman–Crippen LogP) is 1.85. The molecule has 1 aliphatic heterocycles. The van der Waals surface area contributed by atoms with Crippen LogP contribution in [0.15, 0.2) is 24.3 Å². The number of nitrogens with two attached hydrogens (primary N) is 1. The van der Waals surface area contributed by atoms with Gasteiger partial charge in [-0.3, -0.25) is 11.0 Å². The van der Waals surface area contributed by atoms with E-state index in [1.54, 1.807) is 12.1 Å². The smallest absolute Gasteiger partial charge is 0.123 e. The quantitative estimate of drug-likeness (QED) is 0.421. The number of hydrogen-bond donors (Lipinski definition) is 3. The average Bonchev–Trinajstić information content (AvgIpc) is 2.98. The van der Waals surface area contributed by atoms with E-state index in [4.69, 9.17) is 26.9 Å². The molecule has 1 aromatic rings. The van der Waals surface area contributed by atoms with Crippen LogP contribution in [0.1, 0.15) is 26.2 Å². The van der Waals surface area contributed by atoms with Gasteiger partial charge in [0, 0.05) is 6.42 Å². The second-order valence-corrected chi connectivity index (χ2v) is 5.12. The Bertz CT molecular complexity index is 478. The number of benzene rings is 1. The van der Waals surface area contributed by atoms with Gasteiger partial charge in [-0.05, 0) is 44.0 Å². The summed E-state index contributed by atoms with van der Waals surface area (Å²) in [5.41, 5.74) is 1.99. The minimum Gasteiger partial charge on any atom is -0.491 e. The number of hydroxylamine groups is 1. The lowest BCUT2D eigenvalue weighted by atomic mass is 10.2. The largest absolute Gasteiger partial charge is 0.491 e. The molecule has 1 aromatic carbocycles. The van der Waals surface area contributed by atoms with Crippen LogP contribution in [0.5, 0.6) is 5.75 Å². The first kappa shape index (κ1) is 19.4. The van der Waals surface area contributed by atoms with Gasteiger partial charge in [0.05, 0.1) is 18.8 Å². The van der Waals surface area contributed by atoms with Gasteiger partial charge in [-0.1, -0.05) is 0 Å². The van der Waals surface area contributed by atoms with Crippen LogP contribution in [0.2, 0.25) is 0 Å². The number of terminal acetylenes is 1. The van der Waals surface area contributed by atoms with Crippen LogP contribution in [-0.4, -0.2) is 35.7 Å². The Balaban J connectivity index is 0.000000284. The summed E-state index contributed by atoms with van der Waals surface area (Å²) in [6.45, 7) is 2.96. The predicted molar refractivity (Wildman–Crippen MR) is 84.7 cm³/mol. The minimum atomic E-state index is -0.243. The first-order valence-electron chi connectivity index (χ1n) is 7.45. The lowest BCUT2D eigenvalue weighted by molar-refractivity contribution is -0.135. The number of halogens is 1. The minimum absolute atomic E-state index is 0.185. The third-order valence-electron chi connectivity index (χ3n) is 3.19. The Hall–Kier alpha value is -1.69. The maximum Gasteiger partial charge on any atom is 0.123 e. The molecule has 0 aliphatic carbocycles. The van der Waals surface area contributed by atoms with E-state index in [2.05, 4.69) is 12.8 Å². The van der Waals surface area contributed by atoms with Crippen molar-refractivity contribution in [2.24, 2.45) is 5.84 Å². The van der Waals surface area contributed by atoms with E-state index in [1.165, 1.54) is 12.1 Å². The number of nitrogens with zero attached hydrogens (tertiary/aromatic N) is 1. The van der Waals surface area contributed by atoms with E-state index in [1.807, 2.05) is 5.53 Å². The van der Waals surface area contributed by atoms with E-state index < -0.39 is 0 Å². The van der Waals surface area contributed by atoms with Crippen molar-refractivity contribution in [3.63, 3.8) is 0 Å². The number of nitrogens with one attached hydrogen (secondary N) is 1. The summed E-state index contributed by atoms with van der Waals surface area (Å²) < 4.78 is 23.7. The van der Waals surface area contributed by atoms with Crippen LogP contribution in [0.4, 0.5) is 4.39 Å². The molecule has 23 heavy (non-hydrogen) atoms. The normalized spacial score (nSPS) is 19.8. The molecule has 0 saturated carbocycles. The van der Waals surface area contributed by atoms with Crippen LogP contribution in [0, 0.1) is 18.2 Å². The Morgan fingerprint density at radius 2 is 2.17 bits per heavy atom. The van der Waals surface area contributed by atoms with Crippen molar-refractivity contribution < 1.29 is 19.1 Å². The number of rotatable bonds is 6. The molecule has 128 valence electrons. The summed E-state index contributed by atoms with van der Waals surface area (Å²) in [5, 5.41) is 9.21. The molecule has 1 saturated heterocycles. The molecule has 6 nitrogen and oxygen atoms in total. The fourth-order valence-corrected chi connectivity index (χ4v) is 1.96. The second kappa shape index (κ2) is 10.9. The van der Waals surface area contributed by atoms with E-state index in [0.29, 0.717) is 31.4 Å². The first-order chi connectivity index (χ1) is 11.0. The van der Waals surface area contributed by atoms with E-state index in [9.17, 15) is 4.39 Å². The molecular weight excluding hydrogens is 301 g/mol. The van der Waals surface area contributed by atoms with E-state index in [-0.39, 0.29) is 11.9 Å². The zero-order valence-corrected chi connectivity index (χ0v) is 13.2. The maximum absolute atomic E-state index is 12.6. The van der Waals surface area contributed by atoms with Crippen LogP contribution in [0.25, 0.3) is 0 Å². The van der Waals surface area contributed by atoms with Gasteiger partial charge in [-0.25, -0.2) is 4.39 Å². The molecule has 1 fully saturated rings. The van der Waals surface area contributed by atoms with Crippen LogP contribution < -0.4 is 16.1 Å². The lowest BCUT2D eigenvalue weighted by Gasteiger charge is -2.12. The molecule has 4 N–H and O–H groups in total. The fraction of sp³-hybridized carbons (Fsp3) is 0.500. The highest BCUT2D eigenvalue weighted by molar-refractivity contribution is 5.22. The van der Waals surface area contributed by atoms with E-state index in [0.717, 1.165) is 18.0 Å². The molecule has 0 bridgehead atoms. The van der Waals surface area contributed by atoms with Gasteiger partial charge in [0.15, 0.2) is 0 Å². The van der Waals surface area contributed by atoms with Crippen molar-refractivity contribution in [2.45, 2.75) is 38.4 Å². The third kappa shape index (κ3) is 8.50. The second-order valence-electron chi connectivity index (χ2n) is 5.12. The zero-order valence-electron chi connectivity index (χ0n) is 13.2. The highest BCUT2D eigenvalue weighted by Gasteiger charge is 2.22. The van der Waals surface area contributed by atoms with Gasteiger partial charge >= 0.3 is 0 Å². The summed E-state index contributed by atoms with van der Waals surface area (Å²) in [5.74, 6) is 7.56. The summed E-state index contributed by atoms with van der Waals surface area (Å²) in [6, 6.07) is 6.06. The Morgan fingerprint density at radius 3 is 2.70 bits per heavy atom. The topological polar surface area (TPSA) is 80.0 Å². The Morgan fingerprint density at radius 1 is 1.48 bits per heavy atom. The highest BCUT2D eigenvalue weighted by Crippen LogP contribution is 2.20. The van der Waals surface area contributed by atoms with Gasteiger partial charge in [-0.2, -0.15) is 5.53 Å². The summed E-state index contributed by atoms with van der Waals surface area (Å²) in [4.78, 5) is 0. The van der Waals surface area contributed by atoms with Crippen molar-refractivity contribution in [2.75, 3.05) is 13.2 Å². The molecule has 0 amide bonds. The molecule has 0 spiro atoms. The maximum atomic E-state index is 12.6. The number of hydrogen-bond acceptors (Lipinski definition) is 6.